The number of amides is 1. The molecule has 0 saturated heterocycles. The Morgan fingerprint density at radius 1 is 1.13 bits per heavy atom. The van der Waals surface area contributed by atoms with E-state index in [0.29, 0.717) is 10.6 Å². The number of aromatic nitrogens is 2. The van der Waals surface area contributed by atoms with Crippen molar-refractivity contribution in [1.82, 2.24) is 15.1 Å². The monoisotopic (exact) mass is 325 g/mol. The first kappa shape index (κ1) is 15.3. The minimum absolute atomic E-state index is 0.0921. The summed E-state index contributed by atoms with van der Waals surface area (Å²) in [6, 6.07) is 16.5. The first-order valence-electron chi connectivity index (χ1n) is 7.30. The zero-order chi connectivity index (χ0) is 16.2. The molecular weight excluding hydrogens is 310 g/mol. The number of carbonyl (C=O) groups is 1. The summed E-state index contributed by atoms with van der Waals surface area (Å²) in [5.41, 5.74) is 2.54. The van der Waals surface area contributed by atoms with Crippen LogP contribution in [0.5, 0.6) is 0 Å². The number of hydrogen-bond acceptors (Lipinski definition) is 2. The van der Waals surface area contributed by atoms with Crippen LogP contribution in [-0.4, -0.2) is 15.7 Å². The lowest BCUT2D eigenvalue weighted by molar-refractivity contribution is 0.0940. The fourth-order valence-electron chi connectivity index (χ4n) is 2.30. The Kier molecular flexibility index (Phi) is 4.44. The first-order chi connectivity index (χ1) is 11.1. The molecule has 2 aromatic carbocycles. The Bertz CT molecular complexity index is 780. The minimum atomic E-state index is -0.112. The molecule has 1 atom stereocenters. The molecule has 1 aromatic heterocycles. The molecule has 0 radical (unpaired) electrons. The summed E-state index contributed by atoms with van der Waals surface area (Å²) in [6.45, 7) is 1.94. The SMILES string of the molecule is CC(NC(=O)c1ccc(-n2cccn2)cc1)c1ccc(Cl)cc1. The van der Waals surface area contributed by atoms with Crippen molar-refractivity contribution in [2.45, 2.75) is 13.0 Å². The Morgan fingerprint density at radius 3 is 2.43 bits per heavy atom. The van der Waals surface area contributed by atoms with Gasteiger partial charge in [0.25, 0.3) is 5.91 Å². The van der Waals surface area contributed by atoms with Crippen LogP contribution in [0.3, 0.4) is 0 Å². The zero-order valence-electron chi connectivity index (χ0n) is 12.6. The molecule has 0 spiro atoms. The molecule has 3 rings (SSSR count). The number of nitrogens with zero attached hydrogens (tertiary/aromatic N) is 2. The number of benzene rings is 2. The van der Waals surface area contributed by atoms with Crippen LogP contribution in [0.4, 0.5) is 0 Å². The van der Waals surface area contributed by atoms with E-state index in [1.54, 1.807) is 23.0 Å². The van der Waals surface area contributed by atoms with Gasteiger partial charge in [0.05, 0.1) is 11.7 Å². The van der Waals surface area contributed by atoms with Gasteiger partial charge in [0.2, 0.25) is 0 Å². The molecule has 0 aliphatic carbocycles. The van der Waals surface area contributed by atoms with Crippen LogP contribution in [0.1, 0.15) is 28.9 Å². The molecule has 1 amide bonds. The van der Waals surface area contributed by atoms with Crippen molar-refractivity contribution in [1.29, 1.82) is 0 Å². The number of nitrogens with one attached hydrogen (secondary N) is 1. The van der Waals surface area contributed by atoms with Crippen molar-refractivity contribution in [3.63, 3.8) is 0 Å². The van der Waals surface area contributed by atoms with E-state index < -0.39 is 0 Å². The average Bonchev–Trinajstić information content (AvgIpc) is 3.10. The smallest absolute Gasteiger partial charge is 0.251 e. The largest absolute Gasteiger partial charge is 0.346 e. The van der Waals surface area contributed by atoms with Gasteiger partial charge in [0, 0.05) is 23.0 Å². The summed E-state index contributed by atoms with van der Waals surface area (Å²) in [4.78, 5) is 12.3. The lowest BCUT2D eigenvalue weighted by Crippen LogP contribution is -2.26. The van der Waals surface area contributed by atoms with Crippen molar-refractivity contribution in [3.05, 3.63) is 83.1 Å². The van der Waals surface area contributed by atoms with Gasteiger partial charge in [0.15, 0.2) is 0 Å². The fourth-order valence-corrected chi connectivity index (χ4v) is 2.43. The van der Waals surface area contributed by atoms with E-state index in [9.17, 15) is 4.79 Å². The van der Waals surface area contributed by atoms with Crippen molar-refractivity contribution in [2.75, 3.05) is 0 Å². The second-order valence-electron chi connectivity index (χ2n) is 5.24. The molecule has 5 heteroatoms. The molecule has 23 heavy (non-hydrogen) atoms. The van der Waals surface area contributed by atoms with Crippen LogP contribution >= 0.6 is 11.6 Å². The highest BCUT2D eigenvalue weighted by Crippen LogP contribution is 2.17. The van der Waals surface area contributed by atoms with Crippen LogP contribution in [0.15, 0.2) is 67.0 Å². The summed E-state index contributed by atoms with van der Waals surface area (Å²) in [5, 5.41) is 7.83. The maximum Gasteiger partial charge on any atom is 0.251 e. The van der Waals surface area contributed by atoms with Gasteiger partial charge in [-0.1, -0.05) is 23.7 Å². The van der Waals surface area contributed by atoms with Crippen molar-refractivity contribution in [3.8, 4) is 5.69 Å². The van der Waals surface area contributed by atoms with E-state index in [-0.39, 0.29) is 11.9 Å². The van der Waals surface area contributed by atoms with Crippen LogP contribution in [0.2, 0.25) is 5.02 Å². The maximum absolute atomic E-state index is 12.3. The van der Waals surface area contributed by atoms with Gasteiger partial charge in [-0.3, -0.25) is 4.79 Å². The molecule has 0 bridgehead atoms. The highest BCUT2D eigenvalue weighted by molar-refractivity contribution is 6.30. The Balaban J connectivity index is 1.69. The highest BCUT2D eigenvalue weighted by Gasteiger charge is 2.11. The van der Waals surface area contributed by atoms with E-state index in [4.69, 9.17) is 11.6 Å². The molecule has 0 fully saturated rings. The molecule has 0 aliphatic rings. The molecule has 1 heterocycles. The average molecular weight is 326 g/mol. The van der Waals surface area contributed by atoms with E-state index in [2.05, 4.69) is 10.4 Å². The lowest BCUT2D eigenvalue weighted by atomic mass is 10.1. The van der Waals surface area contributed by atoms with E-state index in [0.717, 1.165) is 11.3 Å². The van der Waals surface area contributed by atoms with Gasteiger partial charge in [-0.05, 0) is 55.0 Å². The molecule has 1 N–H and O–H groups in total. The Hall–Kier alpha value is -2.59. The zero-order valence-corrected chi connectivity index (χ0v) is 13.4. The highest BCUT2D eigenvalue weighted by atomic mass is 35.5. The van der Waals surface area contributed by atoms with Gasteiger partial charge >= 0.3 is 0 Å². The summed E-state index contributed by atoms with van der Waals surface area (Å²) < 4.78 is 1.75. The number of rotatable bonds is 4. The van der Waals surface area contributed by atoms with Crippen LogP contribution in [0.25, 0.3) is 5.69 Å². The number of halogens is 1. The number of carbonyl (C=O) groups excluding carboxylic acids is 1. The summed E-state index contributed by atoms with van der Waals surface area (Å²) in [5.74, 6) is -0.112. The number of hydrogen-bond donors (Lipinski definition) is 1. The van der Waals surface area contributed by atoms with E-state index in [1.165, 1.54) is 0 Å². The van der Waals surface area contributed by atoms with E-state index in [1.807, 2.05) is 55.6 Å². The summed E-state index contributed by atoms with van der Waals surface area (Å²) >= 11 is 5.88. The van der Waals surface area contributed by atoms with Gasteiger partial charge < -0.3 is 5.32 Å². The van der Waals surface area contributed by atoms with Crippen molar-refractivity contribution >= 4 is 17.5 Å². The molecule has 0 saturated carbocycles. The predicted molar refractivity (Wildman–Crippen MR) is 90.9 cm³/mol. The predicted octanol–water partition coefficient (Wildman–Crippen LogP) is 4.02. The second kappa shape index (κ2) is 6.67. The maximum atomic E-state index is 12.3. The molecular formula is C18H16ClN3O. The standard InChI is InChI=1S/C18H16ClN3O/c1-13(14-3-7-16(19)8-4-14)21-18(23)15-5-9-17(10-6-15)22-12-2-11-20-22/h2-13H,1H3,(H,21,23). The molecule has 4 nitrogen and oxygen atoms in total. The second-order valence-corrected chi connectivity index (χ2v) is 5.68. The van der Waals surface area contributed by atoms with Crippen molar-refractivity contribution < 1.29 is 4.79 Å². The Labute approximate surface area is 139 Å². The third kappa shape index (κ3) is 3.60. The first-order valence-corrected chi connectivity index (χ1v) is 7.68. The quantitative estimate of drug-likeness (QED) is 0.787. The minimum Gasteiger partial charge on any atom is -0.346 e. The van der Waals surface area contributed by atoms with Gasteiger partial charge in [0.1, 0.15) is 0 Å². The Morgan fingerprint density at radius 2 is 1.83 bits per heavy atom. The molecule has 1 unspecified atom stereocenters. The van der Waals surface area contributed by atoms with Crippen molar-refractivity contribution in [2.24, 2.45) is 0 Å². The van der Waals surface area contributed by atoms with Gasteiger partial charge in [-0.15, -0.1) is 0 Å². The van der Waals surface area contributed by atoms with E-state index >= 15 is 0 Å². The summed E-state index contributed by atoms with van der Waals surface area (Å²) in [6.07, 6.45) is 3.58. The van der Waals surface area contributed by atoms with Gasteiger partial charge in [-0.2, -0.15) is 5.10 Å². The fraction of sp³-hybridized carbons (Fsp3) is 0.111. The van der Waals surface area contributed by atoms with Crippen LogP contribution in [0, 0.1) is 0 Å². The lowest BCUT2D eigenvalue weighted by Gasteiger charge is -2.14. The molecule has 116 valence electrons. The van der Waals surface area contributed by atoms with Crippen LogP contribution in [-0.2, 0) is 0 Å². The van der Waals surface area contributed by atoms with Gasteiger partial charge in [-0.25, -0.2) is 4.68 Å². The molecule has 3 aromatic rings. The topological polar surface area (TPSA) is 46.9 Å². The normalized spacial score (nSPS) is 11.9. The van der Waals surface area contributed by atoms with Crippen LogP contribution < -0.4 is 5.32 Å². The summed E-state index contributed by atoms with van der Waals surface area (Å²) in [7, 11) is 0. The molecule has 0 aliphatic heterocycles. The third-order valence-electron chi connectivity index (χ3n) is 3.62. The third-order valence-corrected chi connectivity index (χ3v) is 3.87.